The van der Waals surface area contributed by atoms with Crippen LogP contribution >= 0.6 is 11.3 Å². The summed E-state index contributed by atoms with van der Waals surface area (Å²) < 4.78 is 0. The van der Waals surface area contributed by atoms with E-state index in [-0.39, 0.29) is 11.9 Å². The molecule has 0 aromatic carbocycles. The molecule has 1 amide bonds. The smallest absolute Gasteiger partial charge is 0.261 e. The lowest BCUT2D eigenvalue weighted by atomic mass is 9.99. The first-order valence-electron chi connectivity index (χ1n) is 7.19. The van der Waals surface area contributed by atoms with Crippen LogP contribution in [0.2, 0.25) is 0 Å². The highest BCUT2D eigenvalue weighted by Crippen LogP contribution is 2.30. The Balaban J connectivity index is 1.74. The van der Waals surface area contributed by atoms with E-state index in [1.54, 1.807) is 23.7 Å². The molecule has 1 atom stereocenters. The molecule has 2 N–H and O–H groups in total. The normalized spacial score (nSPS) is 15.7. The first-order chi connectivity index (χ1) is 9.78. The van der Waals surface area contributed by atoms with Crippen LogP contribution in [0.4, 0.5) is 0 Å². The van der Waals surface area contributed by atoms with Crippen molar-refractivity contribution in [2.24, 2.45) is 0 Å². The summed E-state index contributed by atoms with van der Waals surface area (Å²) >= 11 is 1.65. The predicted octanol–water partition coefficient (Wildman–Crippen LogP) is 3.23. The monoisotopic (exact) mass is 289 g/mol. The maximum absolute atomic E-state index is 12.4. The number of thiophene rings is 1. The number of hydrogen-bond acceptors (Lipinski definition) is 3. The summed E-state index contributed by atoms with van der Waals surface area (Å²) in [7, 11) is 0. The Labute approximate surface area is 122 Å². The molecule has 106 valence electrons. The van der Waals surface area contributed by atoms with Gasteiger partial charge in [0.25, 0.3) is 5.91 Å². The minimum Gasteiger partial charge on any atom is -0.347 e. The molecular formula is C15H19N3OS. The molecule has 0 saturated carbocycles. The zero-order valence-electron chi connectivity index (χ0n) is 11.6. The van der Waals surface area contributed by atoms with E-state index in [2.05, 4.69) is 21.4 Å². The molecule has 1 aliphatic rings. The predicted molar refractivity (Wildman–Crippen MR) is 80.0 cm³/mol. The molecule has 2 aromatic rings. The number of aryl methyl sites for hydroxylation is 2. The average molecular weight is 289 g/mol. The van der Waals surface area contributed by atoms with Crippen LogP contribution in [0.15, 0.2) is 18.5 Å². The Morgan fingerprint density at radius 1 is 1.50 bits per heavy atom. The minimum absolute atomic E-state index is 0.0210. The first-order valence-corrected chi connectivity index (χ1v) is 8.01. The fraction of sp³-hybridized carbons (Fsp3) is 0.467. The number of nitrogens with zero attached hydrogens (tertiary/aromatic N) is 1. The van der Waals surface area contributed by atoms with Crippen LogP contribution in [-0.2, 0) is 12.8 Å². The number of imidazole rings is 1. The van der Waals surface area contributed by atoms with E-state index >= 15 is 0 Å². The fourth-order valence-corrected chi connectivity index (χ4v) is 3.82. The largest absolute Gasteiger partial charge is 0.347 e. The Hall–Kier alpha value is -1.62. The van der Waals surface area contributed by atoms with E-state index in [1.807, 2.05) is 6.92 Å². The van der Waals surface area contributed by atoms with E-state index in [1.165, 1.54) is 23.3 Å². The lowest BCUT2D eigenvalue weighted by molar-refractivity contribution is 0.0938. The highest BCUT2D eigenvalue weighted by atomic mass is 32.1. The van der Waals surface area contributed by atoms with Gasteiger partial charge in [-0.1, -0.05) is 6.92 Å². The van der Waals surface area contributed by atoms with Gasteiger partial charge in [-0.25, -0.2) is 4.98 Å². The number of fused-ring (bicyclic) bond motifs is 1. The summed E-state index contributed by atoms with van der Waals surface area (Å²) in [4.78, 5) is 21.9. The van der Waals surface area contributed by atoms with Gasteiger partial charge in [0.15, 0.2) is 0 Å². The number of hydrogen-bond donors (Lipinski definition) is 2. The molecule has 1 aliphatic carbocycles. The van der Waals surface area contributed by atoms with Crippen LogP contribution in [0.5, 0.6) is 0 Å². The van der Waals surface area contributed by atoms with Crippen LogP contribution in [0.25, 0.3) is 0 Å². The van der Waals surface area contributed by atoms with Gasteiger partial charge in [-0.2, -0.15) is 0 Å². The van der Waals surface area contributed by atoms with E-state index < -0.39 is 0 Å². The van der Waals surface area contributed by atoms with Crippen molar-refractivity contribution >= 4 is 17.2 Å². The van der Waals surface area contributed by atoms with Crippen molar-refractivity contribution in [1.82, 2.24) is 15.3 Å². The maximum Gasteiger partial charge on any atom is 0.261 e. The SMILES string of the molecule is CCC(NC(=O)c1cc2c(s1)CCCC2)c1ncc[nH]1. The molecule has 5 heteroatoms. The standard InChI is InChI=1S/C15H19N3OS/c1-2-11(14-16-7-8-17-14)18-15(19)13-9-10-5-3-4-6-12(10)20-13/h7-9,11H,2-6H2,1H3,(H,16,17)(H,18,19). The lowest BCUT2D eigenvalue weighted by Gasteiger charge is -2.13. The van der Waals surface area contributed by atoms with Gasteiger partial charge in [-0.05, 0) is 43.7 Å². The molecule has 0 saturated heterocycles. The molecule has 1 unspecified atom stereocenters. The number of carbonyl (C=O) groups excluding carboxylic acids is 1. The number of amides is 1. The Morgan fingerprint density at radius 3 is 3.05 bits per heavy atom. The van der Waals surface area contributed by atoms with Crippen molar-refractivity contribution in [2.45, 2.75) is 45.1 Å². The van der Waals surface area contributed by atoms with E-state index in [4.69, 9.17) is 0 Å². The van der Waals surface area contributed by atoms with Gasteiger partial charge in [0.2, 0.25) is 0 Å². The summed E-state index contributed by atoms with van der Waals surface area (Å²) in [6.45, 7) is 2.05. The second-order valence-corrected chi connectivity index (χ2v) is 6.31. The van der Waals surface area contributed by atoms with Gasteiger partial charge in [-0.3, -0.25) is 4.79 Å². The number of nitrogens with one attached hydrogen (secondary N) is 2. The van der Waals surface area contributed by atoms with Crippen LogP contribution in [0, 0.1) is 0 Å². The first kappa shape index (κ1) is 13.4. The van der Waals surface area contributed by atoms with Gasteiger partial charge in [-0.15, -0.1) is 11.3 Å². The van der Waals surface area contributed by atoms with Crippen molar-refractivity contribution in [2.75, 3.05) is 0 Å². The van der Waals surface area contributed by atoms with Crippen molar-refractivity contribution in [3.05, 3.63) is 39.6 Å². The lowest BCUT2D eigenvalue weighted by Crippen LogP contribution is -2.28. The van der Waals surface area contributed by atoms with Crippen molar-refractivity contribution in [3.8, 4) is 0 Å². The number of aromatic amines is 1. The number of carbonyl (C=O) groups is 1. The van der Waals surface area contributed by atoms with Crippen molar-refractivity contribution in [1.29, 1.82) is 0 Å². The minimum atomic E-state index is -0.0448. The molecule has 0 radical (unpaired) electrons. The number of rotatable bonds is 4. The number of aromatic nitrogens is 2. The number of H-pyrrole nitrogens is 1. The summed E-state index contributed by atoms with van der Waals surface area (Å²) in [5, 5.41) is 3.07. The summed E-state index contributed by atoms with van der Waals surface area (Å²) in [5.41, 5.74) is 1.37. The Morgan fingerprint density at radius 2 is 2.35 bits per heavy atom. The van der Waals surface area contributed by atoms with Crippen LogP contribution in [-0.4, -0.2) is 15.9 Å². The quantitative estimate of drug-likeness (QED) is 0.908. The van der Waals surface area contributed by atoms with Gasteiger partial charge < -0.3 is 10.3 Å². The molecular weight excluding hydrogens is 270 g/mol. The molecule has 2 heterocycles. The third kappa shape index (κ3) is 2.63. The van der Waals surface area contributed by atoms with Gasteiger partial charge in [0.1, 0.15) is 5.82 Å². The molecule has 4 nitrogen and oxygen atoms in total. The summed E-state index contributed by atoms with van der Waals surface area (Å²) in [5.74, 6) is 0.842. The molecule has 20 heavy (non-hydrogen) atoms. The molecule has 0 spiro atoms. The zero-order valence-corrected chi connectivity index (χ0v) is 12.4. The Bertz CT molecular complexity index is 565. The highest BCUT2D eigenvalue weighted by Gasteiger charge is 2.20. The second kappa shape index (κ2) is 5.79. The Kier molecular flexibility index (Phi) is 3.87. The maximum atomic E-state index is 12.4. The fourth-order valence-electron chi connectivity index (χ4n) is 2.66. The van der Waals surface area contributed by atoms with Crippen molar-refractivity contribution in [3.63, 3.8) is 0 Å². The second-order valence-electron chi connectivity index (χ2n) is 5.17. The van der Waals surface area contributed by atoms with Gasteiger partial charge >= 0.3 is 0 Å². The molecule has 0 fully saturated rings. The van der Waals surface area contributed by atoms with Crippen LogP contribution < -0.4 is 5.32 Å². The van der Waals surface area contributed by atoms with E-state index in [0.717, 1.165) is 30.0 Å². The molecule has 0 aliphatic heterocycles. The molecule has 3 rings (SSSR count). The third-order valence-corrected chi connectivity index (χ3v) is 5.02. The van der Waals surface area contributed by atoms with Crippen LogP contribution in [0.1, 0.15) is 58.2 Å². The third-order valence-electron chi connectivity index (χ3n) is 3.78. The van der Waals surface area contributed by atoms with E-state index in [9.17, 15) is 4.79 Å². The van der Waals surface area contributed by atoms with Crippen molar-refractivity contribution < 1.29 is 4.79 Å². The highest BCUT2D eigenvalue weighted by molar-refractivity contribution is 7.14. The average Bonchev–Trinajstić information content (AvgIpc) is 3.13. The summed E-state index contributed by atoms with van der Waals surface area (Å²) in [6, 6.07) is 2.03. The van der Waals surface area contributed by atoms with E-state index in [0.29, 0.717) is 0 Å². The molecule has 2 aromatic heterocycles. The van der Waals surface area contributed by atoms with Gasteiger partial charge in [0.05, 0.1) is 10.9 Å². The molecule has 0 bridgehead atoms. The summed E-state index contributed by atoms with van der Waals surface area (Å²) in [6.07, 6.45) is 9.07. The van der Waals surface area contributed by atoms with Gasteiger partial charge in [0, 0.05) is 17.3 Å². The zero-order chi connectivity index (χ0) is 13.9. The topological polar surface area (TPSA) is 57.8 Å². The van der Waals surface area contributed by atoms with Crippen LogP contribution in [0.3, 0.4) is 0 Å².